The molecule has 0 saturated heterocycles. The molecule has 3 aromatic rings. The first-order valence-electron chi connectivity index (χ1n) is 8.95. The van der Waals surface area contributed by atoms with Gasteiger partial charge in [-0.25, -0.2) is 4.98 Å². The van der Waals surface area contributed by atoms with Crippen LogP contribution in [-0.4, -0.2) is 36.8 Å². The van der Waals surface area contributed by atoms with E-state index in [1.165, 1.54) is 5.56 Å². The fraction of sp³-hybridized carbons (Fsp3) is 0.238. The molecule has 0 spiro atoms. The molecule has 6 heteroatoms. The second-order valence-electron chi connectivity index (χ2n) is 5.88. The lowest BCUT2D eigenvalue weighted by molar-refractivity contribution is 0.331. The van der Waals surface area contributed by atoms with E-state index in [1.807, 2.05) is 48.5 Å². The molecule has 2 N–H and O–H groups in total. The summed E-state index contributed by atoms with van der Waals surface area (Å²) >= 11 is 0. The SMILES string of the molecule is COc1ccc(OCCNc2ccnc(NCCc3ccccc3)n2)cc1. The van der Waals surface area contributed by atoms with Crippen LogP contribution in [0.15, 0.2) is 66.9 Å². The van der Waals surface area contributed by atoms with Gasteiger partial charge in [-0.3, -0.25) is 0 Å². The highest BCUT2D eigenvalue weighted by atomic mass is 16.5. The van der Waals surface area contributed by atoms with Gasteiger partial charge in [-0.1, -0.05) is 30.3 Å². The van der Waals surface area contributed by atoms with Crippen LogP contribution in [0.3, 0.4) is 0 Å². The lowest BCUT2D eigenvalue weighted by Gasteiger charge is -2.10. The average Bonchev–Trinajstić information content (AvgIpc) is 2.73. The molecule has 1 heterocycles. The highest BCUT2D eigenvalue weighted by molar-refractivity contribution is 5.39. The van der Waals surface area contributed by atoms with Crippen LogP contribution < -0.4 is 20.1 Å². The molecule has 140 valence electrons. The fourth-order valence-corrected chi connectivity index (χ4v) is 2.53. The van der Waals surface area contributed by atoms with Crippen LogP contribution in [0.25, 0.3) is 0 Å². The first-order valence-corrected chi connectivity index (χ1v) is 8.95. The van der Waals surface area contributed by atoms with E-state index in [0.717, 1.165) is 30.3 Å². The number of anilines is 2. The molecular weight excluding hydrogens is 340 g/mol. The van der Waals surface area contributed by atoms with Crippen molar-refractivity contribution in [3.63, 3.8) is 0 Å². The van der Waals surface area contributed by atoms with E-state index in [1.54, 1.807) is 13.3 Å². The van der Waals surface area contributed by atoms with Gasteiger partial charge in [0.15, 0.2) is 0 Å². The van der Waals surface area contributed by atoms with Gasteiger partial charge in [0.25, 0.3) is 0 Å². The smallest absolute Gasteiger partial charge is 0.224 e. The summed E-state index contributed by atoms with van der Waals surface area (Å²) in [7, 11) is 1.65. The number of hydrogen-bond acceptors (Lipinski definition) is 6. The third-order valence-corrected chi connectivity index (χ3v) is 3.93. The molecule has 0 fully saturated rings. The van der Waals surface area contributed by atoms with Gasteiger partial charge in [-0.2, -0.15) is 4.98 Å². The van der Waals surface area contributed by atoms with Gasteiger partial charge in [-0.15, -0.1) is 0 Å². The molecule has 0 bridgehead atoms. The Labute approximate surface area is 159 Å². The maximum Gasteiger partial charge on any atom is 0.224 e. The molecule has 0 unspecified atom stereocenters. The van der Waals surface area contributed by atoms with Gasteiger partial charge >= 0.3 is 0 Å². The summed E-state index contributed by atoms with van der Waals surface area (Å²) in [6, 6.07) is 19.7. The second-order valence-corrected chi connectivity index (χ2v) is 5.88. The minimum absolute atomic E-state index is 0.535. The summed E-state index contributed by atoms with van der Waals surface area (Å²) in [6.45, 7) is 1.97. The van der Waals surface area contributed by atoms with Gasteiger partial charge < -0.3 is 20.1 Å². The third kappa shape index (κ3) is 6.18. The molecule has 27 heavy (non-hydrogen) atoms. The zero-order valence-electron chi connectivity index (χ0n) is 15.4. The van der Waals surface area contributed by atoms with Crippen molar-refractivity contribution in [3.8, 4) is 11.5 Å². The van der Waals surface area contributed by atoms with Crippen molar-refractivity contribution in [3.05, 3.63) is 72.4 Å². The maximum atomic E-state index is 5.69. The highest BCUT2D eigenvalue weighted by Gasteiger charge is 2.00. The van der Waals surface area contributed by atoms with Crippen molar-refractivity contribution < 1.29 is 9.47 Å². The zero-order chi connectivity index (χ0) is 18.7. The number of benzene rings is 2. The van der Waals surface area contributed by atoms with E-state index in [0.29, 0.717) is 19.1 Å². The highest BCUT2D eigenvalue weighted by Crippen LogP contribution is 2.16. The largest absolute Gasteiger partial charge is 0.497 e. The number of nitrogens with zero attached hydrogens (tertiary/aromatic N) is 2. The molecular formula is C21H24N4O2. The first-order chi connectivity index (χ1) is 13.3. The predicted octanol–water partition coefficient (Wildman–Crippen LogP) is 3.63. The summed E-state index contributed by atoms with van der Waals surface area (Å²) < 4.78 is 10.8. The molecule has 0 amide bonds. The van der Waals surface area contributed by atoms with Crippen LogP contribution >= 0.6 is 0 Å². The van der Waals surface area contributed by atoms with Crippen molar-refractivity contribution in [2.75, 3.05) is 37.4 Å². The molecule has 0 aliphatic carbocycles. The Hall–Kier alpha value is -3.28. The van der Waals surface area contributed by atoms with E-state index >= 15 is 0 Å². The Kier molecular flexibility index (Phi) is 6.86. The Bertz CT molecular complexity index is 810. The monoisotopic (exact) mass is 364 g/mol. The predicted molar refractivity (Wildman–Crippen MR) is 108 cm³/mol. The minimum Gasteiger partial charge on any atom is -0.497 e. The van der Waals surface area contributed by atoms with E-state index in [2.05, 4.69) is 32.7 Å². The van der Waals surface area contributed by atoms with Crippen LogP contribution in [0.2, 0.25) is 0 Å². The molecule has 0 aliphatic rings. The van der Waals surface area contributed by atoms with Gasteiger partial charge in [0.1, 0.15) is 23.9 Å². The molecule has 0 saturated carbocycles. The normalized spacial score (nSPS) is 10.3. The minimum atomic E-state index is 0.535. The van der Waals surface area contributed by atoms with Crippen molar-refractivity contribution in [1.29, 1.82) is 0 Å². The average molecular weight is 364 g/mol. The summed E-state index contributed by atoms with van der Waals surface area (Å²) in [4.78, 5) is 8.72. The Morgan fingerprint density at radius 2 is 1.63 bits per heavy atom. The number of ether oxygens (including phenoxy) is 2. The van der Waals surface area contributed by atoms with Crippen LogP contribution in [-0.2, 0) is 6.42 Å². The zero-order valence-corrected chi connectivity index (χ0v) is 15.4. The molecule has 3 rings (SSSR count). The Morgan fingerprint density at radius 3 is 2.41 bits per heavy atom. The fourth-order valence-electron chi connectivity index (χ4n) is 2.53. The van der Waals surface area contributed by atoms with Gasteiger partial charge in [0, 0.05) is 12.7 Å². The Balaban J connectivity index is 1.39. The number of rotatable bonds is 10. The van der Waals surface area contributed by atoms with E-state index in [9.17, 15) is 0 Å². The summed E-state index contributed by atoms with van der Waals surface area (Å²) in [6.07, 6.45) is 2.67. The molecule has 0 radical (unpaired) electrons. The van der Waals surface area contributed by atoms with Gasteiger partial charge in [0.2, 0.25) is 5.95 Å². The summed E-state index contributed by atoms with van der Waals surface area (Å²) in [5.74, 6) is 3.01. The van der Waals surface area contributed by atoms with Gasteiger partial charge in [-0.05, 0) is 42.3 Å². The lowest BCUT2D eigenvalue weighted by Crippen LogP contribution is -2.14. The quantitative estimate of drug-likeness (QED) is 0.536. The molecule has 6 nitrogen and oxygen atoms in total. The van der Waals surface area contributed by atoms with Crippen LogP contribution in [0.4, 0.5) is 11.8 Å². The second kappa shape index (κ2) is 10.0. The number of nitrogens with one attached hydrogen (secondary N) is 2. The summed E-state index contributed by atoms with van der Waals surface area (Å²) in [5, 5.41) is 6.50. The Morgan fingerprint density at radius 1 is 0.852 bits per heavy atom. The lowest BCUT2D eigenvalue weighted by atomic mass is 10.1. The number of aromatic nitrogens is 2. The van der Waals surface area contributed by atoms with Crippen LogP contribution in [0.5, 0.6) is 11.5 Å². The first kappa shape index (κ1) is 18.5. The topological polar surface area (TPSA) is 68.3 Å². The van der Waals surface area contributed by atoms with Crippen molar-refractivity contribution >= 4 is 11.8 Å². The molecule has 0 atom stereocenters. The molecule has 0 aliphatic heterocycles. The van der Waals surface area contributed by atoms with Crippen molar-refractivity contribution in [1.82, 2.24) is 9.97 Å². The molecule has 1 aromatic heterocycles. The standard InChI is InChI=1S/C21H24N4O2/c1-26-18-7-9-19(10-8-18)27-16-15-22-20-12-14-24-21(25-20)23-13-11-17-5-3-2-4-6-17/h2-10,12,14H,11,13,15-16H2,1H3,(H2,22,23,24,25). The summed E-state index contributed by atoms with van der Waals surface area (Å²) in [5.41, 5.74) is 1.29. The van der Waals surface area contributed by atoms with Crippen molar-refractivity contribution in [2.24, 2.45) is 0 Å². The van der Waals surface area contributed by atoms with E-state index in [-0.39, 0.29) is 0 Å². The van der Waals surface area contributed by atoms with E-state index in [4.69, 9.17) is 9.47 Å². The van der Waals surface area contributed by atoms with Crippen molar-refractivity contribution in [2.45, 2.75) is 6.42 Å². The third-order valence-electron chi connectivity index (χ3n) is 3.93. The van der Waals surface area contributed by atoms with Crippen LogP contribution in [0.1, 0.15) is 5.56 Å². The van der Waals surface area contributed by atoms with Gasteiger partial charge in [0.05, 0.1) is 13.7 Å². The molecule has 2 aromatic carbocycles. The number of hydrogen-bond donors (Lipinski definition) is 2. The van der Waals surface area contributed by atoms with E-state index < -0.39 is 0 Å². The maximum absolute atomic E-state index is 5.69. The number of methoxy groups -OCH3 is 1. The van der Waals surface area contributed by atoms with Crippen LogP contribution in [0, 0.1) is 0 Å².